The van der Waals surface area contributed by atoms with Crippen molar-refractivity contribution in [3.8, 4) is 0 Å². The van der Waals surface area contributed by atoms with Crippen LogP contribution in [-0.2, 0) is 0 Å². The van der Waals surface area contributed by atoms with Gasteiger partial charge in [0, 0.05) is 5.69 Å². The molecular formula is C11H11ClN4S. The Labute approximate surface area is 109 Å². The fourth-order valence-electron chi connectivity index (χ4n) is 1.23. The second-order valence-electron chi connectivity index (χ2n) is 3.13. The Hall–Kier alpha value is -1.33. The number of rotatable bonds is 4. The molecule has 1 heterocycles. The lowest BCUT2D eigenvalue weighted by atomic mass is 10.3. The molecule has 6 heteroatoms. The molecule has 0 aliphatic rings. The van der Waals surface area contributed by atoms with Gasteiger partial charge in [0.05, 0.1) is 0 Å². The molecule has 2 aromatic rings. The van der Waals surface area contributed by atoms with Gasteiger partial charge < -0.3 is 5.32 Å². The van der Waals surface area contributed by atoms with E-state index in [1.54, 1.807) is 0 Å². The average molecular weight is 267 g/mol. The molecule has 0 amide bonds. The van der Waals surface area contributed by atoms with E-state index in [-0.39, 0.29) is 5.28 Å². The molecule has 2 rings (SSSR count). The van der Waals surface area contributed by atoms with Crippen LogP contribution in [0.4, 0.5) is 11.6 Å². The van der Waals surface area contributed by atoms with Gasteiger partial charge in [0.15, 0.2) is 5.16 Å². The number of halogens is 1. The summed E-state index contributed by atoms with van der Waals surface area (Å²) >= 11 is 7.36. The third kappa shape index (κ3) is 3.57. The Morgan fingerprint density at radius 1 is 1.18 bits per heavy atom. The lowest BCUT2D eigenvalue weighted by molar-refractivity contribution is 0.913. The summed E-state index contributed by atoms with van der Waals surface area (Å²) in [6.45, 7) is 2.03. The summed E-state index contributed by atoms with van der Waals surface area (Å²) in [5, 5.41) is 3.92. The largest absolute Gasteiger partial charge is 0.324 e. The normalized spacial score (nSPS) is 10.2. The van der Waals surface area contributed by atoms with E-state index in [4.69, 9.17) is 11.6 Å². The molecule has 0 aliphatic heterocycles. The van der Waals surface area contributed by atoms with Gasteiger partial charge in [0.25, 0.3) is 0 Å². The van der Waals surface area contributed by atoms with E-state index in [9.17, 15) is 0 Å². The second kappa shape index (κ2) is 5.84. The minimum Gasteiger partial charge on any atom is -0.324 e. The molecule has 0 saturated carbocycles. The highest BCUT2D eigenvalue weighted by atomic mass is 35.5. The monoisotopic (exact) mass is 266 g/mol. The van der Waals surface area contributed by atoms with Crippen LogP contribution in [0.3, 0.4) is 0 Å². The Morgan fingerprint density at radius 3 is 2.65 bits per heavy atom. The van der Waals surface area contributed by atoms with E-state index >= 15 is 0 Å². The van der Waals surface area contributed by atoms with Crippen molar-refractivity contribution >= 4 is 35.0 Å². The molecule has 1 N–H and O–H groups in total. The van der Waals surface area contributed by atoms with Gasteiger partial charge >= 0.3 is 0 Å². The fourth-order valence-corrected chi connectivity index (χ4v) is 2.00. The molecule has 0 aliphatic carbocycles. The minimum absolute atomic E-state index is 0.203. The van der Waals surface area contributed by atoms with Gasteiger partial charge in [-0.3, -0.25) is 0 Å². The van der Waals surface area contributed by atoms with Crippen molar-refractivity contribution in [2.45, 2.75) is 12.1 Å². The summed E-state index contributed by atoms with van der Waals surface area (Å²) in [7, 11) is 0. The maximum absolute atomic E-state index is 5.84. The summed E-state index contributed by atoms with van der Waals surface area (Å²) in [4.78, 5) is 12.3. The maximum atomic E-state index is 5.84. The van der Waals surface area contributed by atoms with E-state index in [1.165, 1.54) is 11.8 Å². The molecule has 1 aromatic carbocycles. The summed E-state index contributed by atoms with van der Waals surface area (Å²) in [5.74, 6) is 1.36. The molecule has 0 radical (unpaired) electrons. The number of nitrogens with one attached hydrogen (secondary N) is 1. The van der Waals surface area contributed by atoms with Crippen LogP contribution in [0.1, 0.15) is 6.92 Å². The first-order chi connectivity index (χ1) is 8.28. The van der Waals surface area contributed by atoms with Crippen molar-refractivity contribution in [3.05, 3.63) is 35.6 Å². The standard InChI is InChI=1S/C11H11ClN4S/c1-2-17-11-15-9(12)14-10(16-11)13-8-6-4-3-5-7-8/h3-7H,2H2,1H3,(H,13,14,15,16). The number of hydrogen-bond acceptors (Lipinski definition) is 5. The van der Waals surface area contributed by atoms with Crippen molar-refractivity contribution < 1.29 is 0 Å². The van der Waals surface area contributed by atoms with Crippen LogP contribution in [0.2, 0.25) is 5.28 Å². The smallest absolute Gasteiger partial charge is 0.232 e. The van der Waals surface area contributed by atoms with E-state index in [1.807, 2.05) is 37.3 Å². The molecule has 4 nitrogen and oxygen atoms in total. The molecule has 0 atom stereocenters. The molecule has 0 spiro atoms. The average Bonchev–Trinajstić information content (AvgIpc) is 2.30. The molecule has 0 fully saturated rings. The zero-order valence-electron chi connectivity index (χ0n) is 9.22. The number of benzene rings is 1. The molecule has 0 bridgehead atoms. The summed E-state index contributed by atoms with van der Waals surface area (Å²) in [6, 6.07) is 9.69. The molecule has 88 valence electrons. The van der Waals surface area contributed by atoms with E-state index < -0.39 is 0 Å². The molecular weight excluding hydrogens is 256 g/mol. The second-order valence-corrected chi connectivity index (χ2v) is 4.70. The quantitative estimate of drug-likeness (QED) is 0.860. The van der Waals surface area contributed by atoms with Gasteiger partial charge in [-0.15, -0.1) is 0 Å². The van der Waals surface area contributed by atoms with Gasteiger partial charge in [0.1, 0.15) is 0 Å². The first kappa shape index (κ1) is 12.1. The molecule has 17 heavy (non-hydrogen) atoms. The number of anilines is 2. The van der Waals surface area contributed by atoms with Crippen LogP contribution >= 0.6 is 23.4 Å². The van der Waals surface area contributed by atoms with Gasteiger partial charge in [-0.1, -0.05) is 36.9 Å². The first-order valence-corrected chi connectivity index (χ1v) is 6.50. The zero-order chi connectivity index (χ0) is 12.1. The van der Waals surface area contributed by atoms with E-state index in [0.29, 0.717) is 11.1 Å². The highest BCUT2D eigenvalue weighted by Crippen LogP contribution is 2.18. The zero-order valence-corrected chi connectivity index (χ0v) is 10.8. The van der Waals surface area contributed by atoms with Crippen LogP contribution in [-0.4, -0.2) is 20.7 Å². The highest BCUT2D eigenvalue weighted by Gasteiger charge is 2.04. The number of aromatic nitrogens is 3. The third-order valence-corrected chi connectivity index (χ3v) is 2.79. The highest BCUT2D eigenvalue weighted by molar-refractivity contribution is 7.99. The van der Waals surface area contributed by atoms with Crippen molar-refractivity contribution in [2.24, 2.45) is 0 Å². The van der Waals surface area contributed by atoms with E-state index in [2.05, 4.69) is 20.3 Å². The predicted octanol–water partition coefficient (Wildman–Crippen LogP) is 3.38. The number of para-hydroxylation sites is 1. The minimum atomic E-state index is 0.203. The Balaban J connectivity index is 2.21. The lowest BCUT2D eigenvalue weighted by Gasteiger charge is -2.05. The van der Waals surface area contributed by atoms with Gasteiger partial charge in [0.2, 0.25) is 11.2 Å². The Morgan fingerprint density at radius 2 is 1.94 bits per heavy atom. The molecule has 0 saturated heterocycles. The number of hydrogen-bond donors (Lipinski definition) is 1. The topological polar surface area (TPSA) is 50.7 Å². The summed E-state index contributed by atoms with van der Waals surface area (Å²) in [5.41, 5.74) is 0.919. The fraction of sp³-hybridized carbons (Fsp3) is 0.182. The summed E-state index contributed by atoms with van der Waals surface area (Å²) in [6.07, 6.45) is 0. The van der Waals surface area contributed by atoms with Crippen LogP contribution in [0.5, 0.6) is 0 Å². The van der Waals surface area contributed by atoms with Gasteiger partial charge in [-0.25, -0.2) is 0 Å². The molecule has 1 aromatic heterocycles. The van der Waals surface area contributed by atoms with Crippen molar-refractivity contribution in [3.63, 3.8) is 0 Å². The van der Waals surface area contributed by atoms with Gasteiger partial charge in [-0.2, -0.15) is 15.0 Å². The van der Waals surface area contributed by atoms with Crippen molar-refractivity contribution in [2.75, 3.05) is 11.1 Å². The predicted molar refractivity (Wildman–Crippen MR) is 71.0 cm³/mol. The number of thioether (sulfide) groups is 1. The van der Waals surface area contributed by atoms with Crippen LogP contribution in [0, 0.1) is 0 Å². The van der Waals surface area contributed by atoms with Crippen molar-refractivity contribution in [1.82, 2.24) is 15.0 Å². The number of nitrogens with zero attached hydrogens (tertiary/aromatic N) is 3. The molecule has 0 unspecified atom stereocenters. The van der Waals surface area contributed by atoms with Gasteiger partial charge in [-0.05, 0) is 29.5 Å². The van der Waals surface area contributed by atoms with Crippen LogP contribution in [0.25, 0.3) is 0 Å². The van der Waals surface area contributed by atoms with Crippen molar-refractivity contribution in [1.29, 1.82) is 0 Å². The lowest BCUT2D eigenvalue weighted by Crippen LogP contribution is -2.00. The van der Waals surface area contributed by atoms with E-state index in [0.717, 1.165) is 11.4 Å². The van der Waals surface area contributed by atoms with Crippen LogP contribution < -0.4 is 5.32 Å². The third-order valence-electron chi connectivity index (χ3n) is 1.89. The Bertz CT molecular complexity index is 492. The Kier molecular flexibility index (Phi) is 4.17. The maximum Gasteiger partial charge on any atom is 0.232 e. The van der Waals surface area contributed by atoms with Crippen LogP contribution in [0.15, 0.2) is 35.5 Å². The SMILES string of the molecule is CCSc1nc(Cl)nc(Nc2ccccc2)n1. The summed E-state index contributed by atoms with van der Waals surface area (Å²) < 4.78 is 0. The first-order valence-electron chi connectivity index (χ1n) is 5.14.